The first-order valence-corrected chi connectivity index (χ1v) is 7.99. The molecule has 0 saturated heterocycles. The third-order valence-corrected chi connectivity index (χ3v) is 4.02. The van der Waals surface area contributed by atoms with Crippen molar-refractivity contribution in [2.75, 3.05) is 20.3 Å². The molecule has 2 rings (SSSR count). The minimum Gasteiger partial charge on any atom is -0.497 e. The Morgan fingerprint density at radius 2 is 2.13 bits per heavy atom. The lowest BCUT2D eigenvalue weighted by Crippen LogP contribution is -2.38. The highest BCUT2D eigenvalue weighted by molar-refractivity contribution is 5.85. The van der Waals surface area contributed by atoms with E-state index in [0.29, 0.717) is 13.2 Å². The van der Waals surface area contributed by atoms with Crippen LogP contribution in [-0.2, 0) is 4.79 Å². The zero-order chi connectivity index (χ0) is 15.8. The monoisotopic (exact) mass is 342 g/mol. The molecule has 1 aliphatic rings. The van der Waals surface area contributed by atoms with Gasteiger partial charge in [0.2, 0.25) is 5.91 Å². The molecule has 0 radical (unpaired) electrons. The van der Waals surface area contributed by atoms with E-state index >= 15 is 0 Å². The SMILES string of the molecule is COc1cccc(OCCCNC(=O)C2CCCC(N)C2)c1.Cl. The zero-order valence-electron chi connectivity index (χ0n) is 13.6. The van der Waals surface area contributed by atoms with Crippen LogP contribution >= 0.6 is 12.4 Å². The molecule has 0 spiro atoms. The predicted molar refractivity (Wildman–Crippen MR) is 93.3 cm³/mol. The number of ether oxygens (including phenoxy) is 2. The van der Waals surface area contributed by atoms with Crippen LogP contribution in [0.25, 0.3) is 0 Å². The summed E-state index contributed by atoms with van der Waals surface area (Å²) in [6, 6.07) is 7.69. The lowest BCUT2D eigenvalue weighted by atomic mass is 9.85. The highest BCUT2D eigenvalue weighted by atomic mass is 35.5. The van der Waals surface area contributed by atoms with E-state index in [1.54, 1.807) is 7.11 Å². The van der Waals surface area contributed by atoms with E-state index in [4.69, 9.17) is 15.2 Å². The van der Waals surface area contributed by atoms with Crippen LogP contribution in [0.1, 0.15) is 32.1 Å². The molecular formula is C17H27ClN2O3. The molecule has 0 bridgehead atoms. The van der Waals surface area contributed by atoms with Crippen LogP contribution in [0.2, 0.25) is 0 Å². The molecule has 0 aliphatic heterocycles. The third-order valence-electron chi connectivity index (χ3n) is 4.02. The largest absolute Gasteiger partial charge is 0.497 e. The Labute approximate surface area is 144 Å². The van der Waals surface area contributed by atoms with Crippen LogP contribution in [0, 0.1) is 5.92 Å². The Morgan fingerprint density at radius 3 is 2.87 bits per heavy atom. The Hall–Kier alpha value is -1.46. The van der Waals surface area contributed by atoms with Gasteiger partial charge in [-0.05, 0) is 37.8 Å². The van der Waals surface area contributed by atoms with Crippen molar-refractivity contribution >= 4 is 18.3 Å². The molecule has 2 atom stereocenters. The lowest BCUT2D eigenvalue weighted by molar-refractivity contribution is -0.126. The molecule has 0 heterocycles. The molecule has 1 aromatic rings. The van der Waals surface area contributed by atoms with Crippen LogP contribution in [0.4, 0.5) is 0 Å². The van der Waals surface area contributed by atoms with Crippen LogP contribution in [0.15, 0.2) is 24.3 Å². The second-order valence-corrected chi connectivity index (χ2v) is 5.80. The van der Waals surface area contributed by atoms with Crippen molar-refractivity contribution < 1.29 is 14.3 Å². The summed E-state index contributed by atoms with van der Waals surface area (Å²) in [6.07, 6.45) is 4.64. The highest BCUT2D eigenvalue weighted by Gasteiger charge is 2.24. The number of methoxy groups -OCH3 is 1. The maximum absolute atomic E-state index is 12.0. The van der Waals surface area contributed by atoms with E-state index in [1.165, 1.54) is 0 Å². The van der Waals surface area contributed by atoms with Crippen molar-refractivity contribution in [3.8, 4) is 11.5 Å². The smallest absolute Gasteiger partial charge is 0.223 e. The Kier molecular flexibility index (Phi) is 8.81. The van der Waals surface area contributed by atoms with Gasteiger partial charge in [0.1, 0.15) is 11.5 Å². The number of benzene rings is 1. The second-order valence-electron chi connectivity index (χ2n) is 5.80. The molecule has 0 aromatic heterocycles. The van der Waals surface area contributed by atoms with Gasteiger partial charge in [-0.1, -0.05) is 12.5 Å². The third kappa shape index (κ3) is 6.67. The number of rotatable bonds is 7. The Balaban J connectivity index is 0.00000264. The van der Waals surface area contributed by atoms with E-state index in [0.717, 1.165) is 43.6 Å². The molecule has 130 valence electrons. The molecule has 1 aromatic carbocycles. The summed E-state index contributed by atoms with van der Waals surface area (Å²) in [5.41, 5.74) is 5.92. The van der Waals surface area contributed by atoms with Crippen molar-refractivity contribution in [3.63, 3.8) is 0 Å². The number of amides is 1. The number of nitrogens with two attached hydrogens (primary N) is 1. The van der Waals surface area contributed by atoms with Gasteiger partial charge < -0.3 is 20.5 Å². The summed E-state index contributed by atoms with van der Waals surface area (Å²) in [7, 11) is 1.63. The summed E-state index contributed by atoms with van der Waals surface area (Å²) in [6.45, 7) is 1.20. The van der Waals surface area contributed by atoms with Gasteiger partial charge >= 0.3 is 0 Å². The van der Waals surface area contributed by atoms with E-state index in [1.807, 2.05) is 24.3 Å². The number of nitrogens with one attached hydrogen (secondary N) is 1. The normalized spacial score (nSPS) is 20.3. The summed E-state index contributed by atoms with van der Waals surface area (Å²) in [4.78, 5) is 12.0. The zero-order valence-corrected chi connectivity index (χ0v) is 14.4. The summed E-state index contributed by atoms with van der Waals surface area (Å²) in [5.74, 6) is 1.78. The minimum atomic E-state index is 0. The summed E-state index contributed by atoms with van der Waals surface area (Å²) < 4.78 is 10.8. The van der Waals surface area contributed by atoms with Gasteiger partial charge in [-0.15, -0.1) is 12.4 Å². The maximum atomic E-state index is 12.0. The molecule has 23 heavy (non-hydrogen) atoms. The summed E-state index contributed by atoms with van der Waals surface area (Å²) >= 11 is 0. The fourth-order valence-corrected chi connectivity index (χ4v) is 2.77. The van der Waals surface area contributed by atoms with Crippen molar-refractivity contribution in [1.29, 1.82) is 0 Å². The van der Waals surface area contributed by atoms with Crippen LogP contribution in [0.3, 0.4) is 0 Å². The quantitative estimate of drug-likeness (QED) is 0.747. The Morgan fingerprint density at radius 1 is 1.35 bits per heavy atom. The molecule has 1 saturated carbocycles. The van der Waals surface area contributed by atoms with E-state index < -0.39 is 0 Å². The number of halogens is 1. The first-order valence-electron chi connectivity index (χ1n) is 7.99. The minimum absolute atomic E-state index is 0. The van der Waals surface area contributed by atoms with Crippen LogP contribution in [0.5, 0.6) is 11.5 Å². The Bertz CT molecular complexity index is 485. The fourth-order valence-electron chi connectivity index (χ4n) is 2.77. The number of carbonyl (C=O) groups is 1. The molecule has 6 heteroatoms. The standard InChI is InChI=1S/C17H26N2O3.ClH/c1-21-15-7-3-8-16(12-15)22-10-4-9-19-17(20)13-5-2-6-14(18)11-13;/h3,7-8,12-14H,2,4-6,9-11,18H2,1H3,(H,19,20);1H. The summed E-state index contributed by atoms with van der Waals surface area (Å²) in [5, 5.41) is 2.98. The first-order chi connectivity index (χ1) is 10.7. The molecule has 1 amide bonds. The van der Waals surface area contributed by atoms with Gasteiger partial charge in [0, 0.05) is 24.6 Å². The molecule has 5 nitrogen and oxygen atoms in total. The number of hydrogen-bond donors (Lipinski definition) is 2. The first kappa shape index (κ1) is 19.6. The average molecular weight is 343 g/mol. The number of hydrogen-bond acceptors (Lipinski definition) is 4. The van der Waals surface area contributed by atoms with Crippen LogP contribution < -0.4 is 20.5 Å². The van der Waals surface area contributed by atoms with E-state index in [2.05, 4.69) is 5.32 Å². The molecule has 1 aliphatic carbocycles. The lowest BCUT2D eigenvalue weighted by Gasteiger charge is -2.25. The molecule has 1 fully saturated rings. The van der Waals surface area contributed by atoms with Crippen molar-refractivity contribution in [2.24, 2.45) is 11.7 Å². The van der Waals surface area contributed by atoms with E-state index in [-0.39, 0.29) is 30.3 Å². The topological polar surface area (TPSA) is 73.6 Å². The van der Waals surface area contributed by atoms with Gasteiger partial charge in [0.25, 0.3) is 0 Å². The van der Waals surface area contributed by atoms with Crippen molar-refractivity contribution in [3.05, 3.63) is 24.3 Å². The van der Waals surface area contributed by atoms with Crippen LogP contribution in [-0.4, -0.2) is 32.2 Å². The molecular weight excluding hydrogens is 316 g/mol. The molecule has 3 N–H and O–H groups in total. The highest BCUT2D eigenvalue weighted by Crippen LogP contribution is 2.23. The van der Waals surface area contributed by atoms with Gasteiger partial charge in [-0.2, -0.15) is 0 Å². The second kappa shape index (κ2) is 10.3. The van der Waals surface area contributed by atoms with Gasteiger partial charge in [0.05, 0.1) is 13.7 Å². The number of carbonyl (C=O) groups excluding carboxylic acids is 1. The van der Waals surface area contributed by atoms with Gasteiger partial charge in [0.15, 0.2) is 0 Å². The maximum Gasteiger partial charge on any atom is 0.223 e. The van der Waals surface area contributed by atoms with Crippen molar-refractivity contribution in [1.82, 2.24) is 5.32 Å². The van der Waals surface area contributed by atoms with E-state index in [9.17, 15) is 4.79 Å². The predicted octanol–water partition coefficient (Wildman–Crippen LogP) is 2.52. The van der Waals surface area contributed by atoms with Gasteiger partial charge in [-0.25, -0.2) is 0 Å². The average Bonchev–Trinajstić information content (AvgIpc) is 2.54. The van der Waals surface area contributed by atoms with Crippen molar-refractivity contribution in [2.45, 2.75) is 38.1 Å². The van der Waals surface area contributed by atoms with Gasteiger partial charge in [-0.3, -0.25) is 4.79 Å². The molecule has 2 unspecified atom stereocenters. The fraction of sp³-hybridized carbons (Fsp3) is 0.588.